The quantitative estimate of drug-likeness (QED) is 0.862. The van der Waals surface area contributed by atoms with Gasteiger partial charge >= 0.3 is 0 Å². The van der Waals surface area contributed by atoms with Gasteiger partial charge in [-0.2, -0.15) is 0 Å². The fraction of sp³-hybridized carbons (Fsp3) is 0.417. The van der Waals surface area contributed by atoms with Crippen LogP contribution in [0.25, 0.3) is 0 Å². The van der Waals surface area contributed by atoms with Gasteiger partial charge in [-0.25, -0.2) is 8.42 Å². The molecule has 0 aliphatic rings. The normalized spacial score (nSPS) is 11.3. The molecule has 1 aromatic rings. The van der Waals surface area contributed by atoms with Crippen LogP contribution in [0.4, 0.5) is 11.4 Å². The van der Waals surface area contributed by atoms with Crippen molar-refractivity contribution < 1.29 is 13.2 Å². The maximum Gasteiger partial charge on any atom is 0.178 e. The first-order valence-corrected chi connectivity index (χ1v) is 7.80. The van der Waals surface area contributed by atoms with Crippen molar-refractivity contribution in [2.75, 3.05) is 37.6 Å². The minimum absolute atomic E-state index is 0.0333. The summed E-state index contributed by atoms with van der Waals surface area (Å²) in [5.41, 5.74) is 0.976. The Kier molecular flexibility index (Phi) is 4.47. The molecule has 7 heteroatoms. The van der Waals surface area contributed by atoms with Crippen LogP contribution in [0.3, 0.4) is 0 Å². The zero-order valence-electron chi connectivity index (χ0n) is 11.5. The summed E-state index contributed by atoms with van der Waals surface area (Å²) in [6.07, 6.45) is 1.07. The Balaban J connectivity index is 3.95. The summed E-state index contributed by atoms with van der Waals surface area (Å²) >= 11 is 6.21. The van der Waals surface area contributed by atoms with Crippen LogP contribution in [-0.2, 0) is 9.84 Å². The molecule has 1 aromatic carbocycles. The molecule has 1 N–H and O–H groups in total. The van der Waals surface area contributed by atoms with Crippen molar-refractivity contribution in [2.24, 2.45) is 0 Å². The van der Waals surface area contributed by atoms with Gasteiger partial charge in [0.15, 0.2) is 15.6 Å². The predicted molar refractivity (Wildman–Crippen MR) is 78.4 cm³/mol. The fourth-order valence-corrected chi connectivity index (χ4v) is 3.55. The number of anilines is 2. The van der Waals surface area contributed by atoms with Gasteiger partial charge in [0.05, 0.1) is 16.4 Å². The van der Waals surface area contributed by atoms with E-state index in [-0.39, 0.29) is 21.3 Å². The minimum atomic E-state index is -3.58. The lowest BCUT2D eigenvalue weighted by Crippen LogP contribution is -2.18. The standard InChI is InChI=1S/C12H17ClN2O3S/c1-7(16)8-6-9(14-2)10(13)11(15(3)4)12(8)19(5,17)18/h6,14H,1-5H3. The molecular weight excluding hydrogens is 288 g/mol. The average Bonchev–Trinajstić information content (AvgIpc) is 2.25. The molecule has 0 atom stereocenters. The van der Waals surface area contributed by atoms with Gasteiger partial charge in [-0.1, -0.05) is 11.6 Å². The summed E-state index contributed by atoms with van der Waals surface area (Å²) in [4.78, 5) is 13.3. The third-order valence-corrected chi connectivity index (χ3v) is 4.20. The van der Waals surface area contributed by atoms with E-state index < -0.39 is 9.84 Å². The minimum Gasteiger partial charge on any atom is -0.387 e. The van der Waals surface area contributed by atoms with Gasteiger partial charge in [-0.3, -0.25) is 4.79 Å². The number of benzene rings is 1. The van der Waals surface area contributed by atoms with Crippen molar-refractivity contribution in [3.8, 4) is 0 Å². The summed E-state index contributed by atoms with van der Waals surface area (Å²) in [6.45, 7) is 1.33. The number of sulfone groups is 1. The summed E-state index contributed by atoms with van der Waals surface area (Å²) < 4.78 is 24.0. The number of nitrogens with zero attached hydrogens (tertiary/aromatic N) is 1. The number of Topliss-reactive ketones (excluding diaryl/α,β-unsaturated/α-hetero) is 1. The smallest absolute Gasteiger partial charge is 0.178 e. The first kappa shape index (κ1) is 15.8. The van der Waals surface area contributed by atoms with Crippen molar-refractivity contribution in [3.05, 3.63) is 16.7 Å². The van der Waals surface area contributed by atoms with E-state index in [1.807, 2.05) is 0 Å². The van der Waals surface area contributed by atoms with Gasteiger partial charge in [-0.05, 0) is 13.0 Å². The highest BCUT2D eigenvalue weighted by Crippen LogP contribution is 2.40. The molecule has 0 fully saturated rings. The van der Waals surface area contributed by atoms with E-state index >= 15 is 0 Å². The van der Waals surface area contributed by atoms with E-state index in [0.717, 1.165) is 6.26 Å². The first-order valence-electron chi connectivity index (χ1n) is 5.53. The summed E-state index contributed by atoms with van der Waals surface area (Å²) in [5.74, 6) is -0.323. The first-order chi connectivity index (χ1) is 8.61. The molecule has 5 nitrogen and oxygen atoms in total. The number of hydrogen-bond acceptors (Lipinski definition) is 5. The highest BCUT2D eigenvalue weighted by Gasteiger charge is 2.26. The number of carbonyl (C=O) groups is 1. The van der Waals surface area contributed by atoms with Gasteiger partial charge < -0.3 is 10.2 Å². The molecule has 0 heterocycles. The third kappa shape index (κ3) is 3.01. The lowest BCUT2D eigenvalue weighted by molar-refractivity contribution is 0.101. The highest BCUT2D eigenvalue weighted by atomic mass is 35.5. The lowest BCUT2D eigenvalue weighted by Gasteiger charge is -2.22. The Labute approximate surface area is 118 Å². The number of hydrogen-bond donors (Lipinski definition) is 1. The number of rotatable bonds is 4. The Hall–Kier alpha value is -1.27. The summed E-state index contributed by atoms with van der Waals surface area (Å²) in [7, 11) is 1.44. The second-order valence-electron chi connectivity index (χ2n) is 4.44. The topological polar surface area (TPSA) is 66.5 Å². The molecular formula is C12H17ClN2O3S. The highest BCUT2D eigenvalue weighted by molar-refractivity contribution is 7.91. The molecule has 0 aliphatic heterocycles. The zero-order chi connectivity index (χ0) is 15.0. The fourth-order valence-electron chi connectivity index (χ4n) is 1.85. The predicted octanol–water partition coefficient (Wildman–Crippen LogP) is 2.05. The Morgan fingerprint density at radius 1 is 1.37 bits per heavy atom. The summed E-state index contributed by atoms with van der Waals surface area (Å²) in [5, 5.41) is 3.13. The molecule has 0 unspecified atom stereocenters. The van der Waals surface area contributed by atoms with Crippen LogP contribution in [0.1, 0.15) is 17.3 Å². The van der Waals surface area contributed by atoms with E-state index in [1.54, 1.807) is 26.0 Å². The largest absolute Gasteiger partial charge is 0.387 e. The lowest BCUT2D eigenvalue weighted by atomic mass is 10.1. The van der Waals surface area contributed by atoms with Gasteiger partial charge in [0.1, 0.15) is 4.90 Å². The van der Waals surface area contributed by atoms with Crippen LogP contribution in [0.2, 0.25) is 5.02 Å². The van der Waals surface area contributed by atoms with Crippen LogP contribution >= 0.6 is 11.6 Å². The molecule has 0 bridgehead atoms. The third-order valence-electron chi connectivity index (χ3n) is 2.66. The van der Waals surface area contributed by atoms with Crippen molar-refractivity contribution in [1.29, 1.82) is 0 Å². The van der Waals surface area contributed by atoms with Gasteiger partial charge in [-0.15, -0.1) is 0 Å². The van der Waals surface area contributed by atoms with Gasteiger partial charge in [0, 0.05) is 33.0 Å². The van der Waals surface area contributed by atoms with Crippen LogP contribution in [0.15, 0.2) is 11.0 Å². The number of ketones is 1. The Morgan fingerprint density at radius 3 is 2.21 bits per heavy atom. The molecule has 0 amide bonds. The molecule has 0 saturated carbocycles. The molecule has 0 saturated heterocycles. The van der Waals surface area contributed by atoms with Crippen molar-refractivity contribution in [1.82, 2.24) is 0 Å². The molecule has 0 spiro atoms. The molecule has 0 aromatic heterocycles. The monoisotopic (exact) mass is 304 g/mol. The maximum atomic E-state index is 12.0. The van der Waals surface area contributed by atoms with Crippen LogP contribution in [-0.4, -0.2) is 41.6 Å². The second-order valence-corrected chi connectivity index (χ2v) is 6.77. The van der Waals surface area contributed by atoms with Crippen LogP contribution < -0.4 is 10.2 Å². The zero-order valence-corrected chi connectivity index (χ0v) is 13.1. The number of carbonyl (C=O) groups excluding carboxylic acids is 1. The Morgan fingerprint density at radius 2 is 1.89 bits per heavy atom. The molecule has 1 rings (SSSR count). The number of nitrogens with one attached hydrogen (secondary N) is 1. The van der Waals surface area contributed by atoms with Crippen molar-refractivity contribution in [3.63, 3.8) is 0 Å². The van der Waals surface area contributed by atoms with Crippen molar-refractivity contribution >= 4 is 38.6 Å². The van der Waals surface area contributed by atoms with E-state index in [0.29, 0.717) is 11.4 Å². The van der Waals surface area contributed by atoms with Gasteiger partial charge in [0.2, 0.25) is 0 Å². The molecule has 106 valence electrons. The maximum absolute atomic E-state index is 12.0. The van der Waals surface area contributed by atoms with E-state index in [4.69, 9.17) is 11.6 Å². The SMILES string of the molecule is CNc1cc(C(C)=O)c(S(C)(=O)=O)c(N(C)C)c1Cl. The van der Waals surface area contributed by atoms with E-state index in [1.165, 1.54) is 13.0 Å². The number of halogens is 1. The summed E-state index contributed by atoms with van der Waals surface area (Å²) in [6, 6.07) is 1.47. The van der Waals surface area contributed by atoms with Crippen LogP contribution in [0, 0.1) is 0 Å². The molecule has 19 heavy (non-hydrogen) atoms. The van der Waals surface area contributed by atoms with E-state index in [2.05, 4.69) is 5.32 Å². The van der Waals surface area contributed by atoms with Crippen molar-refractivity contribution in [2.45, 2.75) is 11.8 Å². The van der Waals surface area contributed by atoms with E-state index in [9.17, 15) is 13.2 Å². The van der Waals surface area contributed by atoms with Crippen LogP contribution in [0.5, 0.6) is 0 Å². The molecule has 0 aliphatic carbocycles. The second kappa shape index (κ2) is 5.38. The van der Waals surface area contributed by atoms with Gasteiger partial charge in [0.25, 0.3) is 0 Å². The average molecular weight is 305 g/mol. The Bertz CT molecular complexity index is 624. The molecule has 0 radical (unpaired) electrons.